The Kier molecular flexibility index (Phi) is 5.01. The van der Waals surface area contributed by atoms with Crippen LogP contribution < -0.4 is 5.32 Å². The quantitative estimate of drug-likeness (QED) is 0.578. The maximum atomic E-state index is 10.3. The van der Waals surface area contributed by atoms with Crippen LogP contribution >= 0.6 is 0 Å². The first-order valence-electron chi connectivity index (χ1n) is 5.39. The molecule has 1 heterocycles. The summed E-state index contributed by atoms with van der Waals surface area (Å²) in [5, 5.41) is 21.0. The lowest BCUT2D eigenvalue weighted by molar-refractivity contribution is -0.139. The van der Waals surface area contributed by atoms with Crippen LogP contribution in [0.25, 0.3) is 0 Å². The highest BCUT2D eigenvalue weighted by Gasteiger charge is 2.18. The van der Waals surface area contributed by atoms with Crippen molar-refractivity contribution in [2.45, 2.75) is 31.4 Å². The fourth-order valence-corrected chi connectivity index (χ4v) is 1.91. The topological polar surface area (TPSA) is 72.8 Å². The number of piperidine rings is 1. The lowest BCUT2D eigenvalue weighted by atomic mass is 10.1. The predicted octanol–water partition coefficient (Wildman–Crippen LogP) is -0.494. The molecule has 0 amide bonds. The maximum absolute atomic E-state index is 10.3. The Hall–Kier alpha value is -0.650. The molecule has 2 unspecified atom stereocenters. The second-order valence-electron chi connectivity index (χ2n) is 4.26. The van der Waals surface area contributed by atoms with Crippen LogP contribution in [0.15, 0.2) is 0 Å². The molecule has 0 bridgehead atoms. The number of rotatable bonds is 5. The standard InChI is InChI=1S/C10H20N2O3/c1-12-4-2-3-8(7-12)11-6-9(13)5-10(14)15/h8-9,11,13H,2-7H2,1H3,(H,14,15). The van der Waals surface area contributed by atoms with Crippen LogP contribution in [0.3, 0.4) is 0 Å². The molecule has 15 heavy (non-hydrogen) atoms. The average Bonchev–Trinajstić information content (AvgIpc) is 2.14. The van der Waals surface area contributed by atoms with Gasteiger partial charge in [0.25, 0.3) is 0 Å². The van der Waals surface area contributed by atoms with Crippen LogP contribution in [0.5, 0.6) is 0 Å². The molecular weight excluding hydrogens is 196 g/mol. The highest BCUT2D eigenvalue weighted by molar-refractivity contribution is 5.67. The van der Waals surface area contributed by atoms with Gasteiger partial charge in [0.05, 0.1) is 12.5 Å². The number of aliphatic hydroxyl groups excluding tert-OH is 1. The van der Waals surface area contributed by atoms with Crippen molar-refractivity contribution in [2.75, 3.05) is 26.7 Å². The van der Waals surface area contributed by atoms with Gasteiger partial charge in [-0.25, -0.2) is 0 Å². The molecule has 0 spiro atoms. The van der Waals surface area contributed by atoms with Gasteiger partial charge in [0.15, 0.2) is 0 Å². The van der Waals surface area contributed by atoms with Gasteiger partial charge < -0.3 is 20.4 Å². The minimum absolute atomic E-state index is 0.185. The summed E-state index contributed by atoms with van der Waals surface area (Å²) in [6.45, 7) is 2.46. The largest absolute Gasteiger partial charge is 0.481 e. The minimum Gasteiger partial charge on any atom is -0.481 e. The van der Waals surface area contributed by atoms with Crippen molar-refractivity contribution in [3.05, 3.63) is 0 Å². The van der Waals surface area contributed by atoms with Gasteiger partial charge in [-0.2, -0.15) is 0 Å². The fraction of sp³-hybridized carbons (Fsp3) is 0.900. The summed E-state index contributed by atoms with van der Waals surface area (Å²) in [7, 11) is 2.07. The lowest BCUT2D eigenvalue weighted by Gasteiger charge is -2.30. The Labute approximate surface area is 90.1 Å². The molecule has 1 rings (SSSR count). The highest BCUT2D eigenvalue weighted by Crippen LogP contribution is 2.07. The minimum atomic E-state index is -0.954. The SMILES string of the molecule is CN1CCCC(NCC(O)CC(=O)O)C1. The van der Waals surface area contributed by atoms with Crippen LogP contribution in [-0.2, 0) is 4.79 Å². The molecule has 5 heteroatoms. The number of nitrogens with one attached hydrogen (secondary N) is 1. The Morgan fingerprint density at radius 1 is 1.67 bits per heavy atom. The van der Waals surface area contributed by atoms with E-state index < -0.39 is 12.1 Å². The zero-order chi connectivity index (χ0) is 11.3. The number of aliphatic hydroxyl groups is 1. The molecule has 2 atom stereocenters. The van der Waals surface area contributed by atoms with Crippen LogP contribution in [0.2, 0.25) is 0 Å². The van der Waals surface area contributed by atoms with E-state index in [4.69, 9.17) is 5.11 Å². The third kappa shape index (κ3) is 5.11. The van der Waals surface area contributed by atoms with Crippen molar-refractivity contribution in [1.82, 2.24) is 10.2 Å². The molecule has 0 aromatic rings. The van der Waals surface area contributed by atoms with Crippen molar-refractivity contribution in [3.63, 3.8) is 0 Å². The summed E-state index contributed by atoms with van der Waals surface area (Å²) in [6.07, 6.45) is 1.29. The van der Waals surface area contributed by atoms with E-state index in [-0.39, 0.29) is 6.42 Å². The molecule has 0 radical (unpaired) electrons. The van der Waals surface area contributed by atoms with Crippen LogP contribution in [0, 0.1) is 0 Å². The van der Waals surface area contributed by atoms with Crippen molar-refractivity contribution in [1.29, 1.82) is 0 Å². The summed E-state index contributed by atoms with van der Waals surface area (Å²) in [5.74, 6) is -0.954. The van der Waals surface area contributed by atoms with Gasteiger partial charge in [0.2, 0.25) is 0 Å². The number of carboxylic acid groups (broad SMARTS) is 1. The molecule has 88 valence electrons. The Morgan fingerprint density at radius 3 is 3.00 bits per heavy atom. The van der Waals surface area contributed by atoms with E-state index in [0.717, 1.165) is 25.9 Å². The third-order valence-corrected chi connectivity index (χ3v) is 2.68. The number of carbonyl (C=O) groups is 1. The van der Waals surface area contributed by atoms with Crippen LogP contribution in [-0.4, -0.2) is 59.9 Å². The second kappa shape index (κ2) is 6.05. The Balaban J connectivity index is 2.15. The van der Waals surface area contributed by atoms with Crippen molar-refractivity contribution >= 4 is 5.97 Å². The van der Waals surface area contributed by atoms with Gasteiger partial charge >= 0.3 is 5.97 Å². The van der Waals surface area contributed by atoms with E-state index in [1.807, 2.05) is 0 Å². The number of carboxylic acids is 1. The van der Waals surface area contributed by atoms with Gasteiger partial charge in [-0.3, -0.25) is 4.79 Å². The maximum Gasteiger partial charge on any atom is 0.306 e. The van der Waals surface area contributed by atoms with E-state index in [1.165, 1.54) is 0 Å². The van der Waals surface area contributed by atoms with Gasteiger partial charge in [-0.1, -0.05) is 0 Å². The van der Waals surface area contributed by atoms with Gasteiger partial charge in [-0.15, -0.1) is 0 Å². The van der Waals surface area contributed by atoms with Crippen LogP contribution in [0.1, 0.15) is 19.3 Å². The Bertz CT molecular complexity index is 211. The summed E-state index contributed by atoms with van der Waals surface area (Å²) < 4.78 is 0. The fourth-order valence-electron chi connectivity index (χ4n) is 1.91. The molecule has 0 aliphatic carbocycles. The van der Waals surface area contributed by atoms with E-state index in [2.05, 4.69) is 17.3 Å². The van der Waals surface area contributed by atoms with E-state index in [1.54, 1.807) is 0 Å². The number of likely N-dealkylation sites (N-methyl/N-ethyl adjacent to an activating group) is 1. The molecular formula is C10H20N2O3. The van der Waals surface area contributed by atoms with Gasteiger partial charge in [0, 0.05) is 19.1 Å². The molecule has 1 saturated heterocycles. The van der Waals surface area contributed by atoms with E-state index >= 15 is 0 Å². The zero-order valence-corrected chi connectivity index (χ0v) is 9.15. The van der Waals surface area contributed by atoms with Crippen molar-refractivity contribution in [3.8, 4) is 0 Å². The monoisotopic (exact) mass is 216 g/mol. The first-order valence-corrected chi connectivity index (χ1v) is 5.39. The Morgan fingerprint density at radius 2 is 2.40 bits per heavy atom. The summed E-state index contributed by atoms with van der Waals surface area (Å²) in [6, 6.07) is 0.382. The number of likely N-dealkylation sites (tertiary alicyclic amines) is 1. The van der Waals surface area contributed by atoms with Gasteiger partial charge in [-0.05, 0) is 26.4 Å². The molecule has 5 nitrogen and oxygen atoms in total. The van der Waals surface area contributed by atoms with Gasteiger partial charge in [0.1, 0.15) is 0 Å². The van der Waals surface area contributed by atoms with E-state index in [0.29, 0.717) is 12.6 Å². The molecule has 0 saturated carbocycles. The van der Waals surface area contributed by atoms with E-state index in [9.17, 15) is 9.90 Å². The number of nitrogens with zero attached hydrogens (tertiary/aromatic N) is 1. The first kappa shape index (κ1) is 12.4. The second-order valence-corrected chi connectivity index (χ2v) is 4.26. The molecule has 0 aromatic heterocycles. The van der Waals surface area contributed by atoms with Crippen molar-refractivity contribution in [2.24, 2.45) is 0 Å². The van der Waals surface area contributed by atoms with Crippen LogP contribution in [0.4, 0.5) is 0 Å². The third-order valence-electron chi connectivity index (χ3n) is 2.68. The molecule has 1 aliphatic heterocycles. The smallest absolute Gasteiger partial charge is 0.306 e. The van der Waals surface area contributed by atoms with Crippen molar-refractivity contribution < 1.29 is 15.0 Å². The predicted molar refractivity (Wildman–Crippen MR) is 56.8 cm³/mol. The lowest BCUT2D eigenvalue weighted by Crippen LogP contribution is -2.46. The average molecular weight is 216 g/mol. The normalized spacial score (nSPS) is 25.1. The summed E-state index contributed by atoms with van der Waals surface area (Å²) in [4.78, 5) is 12.6. The first-order chi connectivity index (χ1) is 7.08. The molecule has 0 aromatic carbocycles. The number of hydrogen-bond acceptors (Lipinski definition) is 4. The molecule has 1 aliphatic rings. The number of aliphatic carboxylic acids is 1. The molecule has 3 N–H and O–H groups in total. The number of hydrogen-bond donors (Lipinski definition) is 3. The summed E-state index contributed by atoms with van der Waals surface area (Å²) in [5.41, 5.74) is 0. The highest BCUT2D eigenvalue weighted by atomic mass is 16.4. The summed E-state index contributed by atoms with van der Waals surface area (Å²) >= 11 is 0. The molecule has 1 fully saturated rings. The zero-order valence-electron chi connectivity index (χ0n) is 9.15.